The summed E-state index contributed by atoms with van der Waals surface area (Å²) < 4.78 is 56.8. The van der Waals surface area contributed by atoms with Crippen molar-refractivity contribution < 1.29 is 71.4 Å². The summed E-state index contributed by atoms with van der Waals surface area (Å²) in [5, 5.41) is 30.7. The summed E-state index contributed by atoms with van der Waals surface area (Å²) in [6, 6.07) is 1.24. The topological polar surface area (TPSA) is 286 Å². The quantitative estimate of drug-likeness (QED) is 0.0117. The zero-order chi connectivity index (χ0) is 54.5. The van der Waals surface area contributed by atoms with E-state index in [0.717, 1.165) is 55.2 Å². The third kappa shape index (κ3) is 32.1. The van der Waals surface area contributed by atoms with Crippen molar-refractivity contribution in [2.75, 3.05) is 25.6 Å². The molecule has 21 heteroatoms. The third-order valence-electron chi connectivity index (χ3n) is 12.2. The Kier molecular flexibility index (Phi) is 35.7. The molecule has 0 spiro atoms. The predicted octanol–water partition coefficient (Wildman–Crippen LogP) is 10.3. The number of carbonyl (C=O) groups is 2. The summed E-state index contributed by atoms with van der Waals surface area (Å²) in [6.07, 6.45) is 35.0. The highest BCUT2D eigenvalue weighted by molar-refractivity contribution is 7.61. The average Bonchev–Trinajstić information content (AvgIpc) is 3.64. The van der Waals surface area contributed by atoms with Crippen molar-refractivity contribution in [2.24, 2.45) is 5.92 Å². The van der Waals surface area contributed by atoms with Gasteiger partial charge in [-0.1, -0.05) is 178 Å². The summed E-state index contributed by atoms with van der Waals surface area (Å²) in [7, 11) is -10.9. The second-order valence-electron chi connectivity index (χ2n) is 18.8. The van der Waals surface area contributed by atoms with Gasteiger partial charge in [0.05, 0.1) is 19.3 Å². The van der Waals surface area contributed by atoms with Gasteiger partial charge >= 0.3 is 33.3 Å². The Morgan fingerprint density at radius 1 is 0.770 bits per heavy atom. The van der Waals surface area contributed by atoms with Crippen molar-refractivity contribution in [2.45, 2.75) is 212 Å². The molecular formula is C53H89N3O16P2. The highest BCUT2D eigenvalue weighted by Crippen LogP contribution is 2.60. The fourth-order valence-electron chi connectivity index (χ4n) is 7.70. The number of aromatic nitrogens is 2. The van der Waals surface area contributed by atoms with Crippen LogP contribution in [0.15, 0.2) is 77.8 Å². The number of hydrogen-bond acceptors (Lipinski definition) is 16. The lowest BCUT2D eigenvalue weighted by atomic mass is 9.99. The molecule has 1 saturated heterocycles. The summed E-state index contributed by atoms with van der Waals surface area (Å²) in [5.41, 5.74) is 4.58. The number of hydrogen-bond donors (Lipinski definition) is 6. The number of nitrogen functional groups attached to an aromatic ring is 1. The molecule has 1 aliphatic heterocycles. The summed E-state index contributed by atoms with van der Waals surface area (Å²) in [5.74, 6) is -0.550. The largest absolute Gasteiger partial charge is 0.481 e. The van der Waals surface area contributed by atoms with Gasteiger partial charge in [0.2, 0.25) is 0 Å². The first-order valence-electron chi connectivity index (χ1n) is 26.8. The maximum absolute atomic E-state index is 12.9. The van der Waals surface area contributed by atoms with E-state index in [1.165, 1.54) is 76.7 Å². The van der Waals surface area contributed by atoms with Crippen molar-refractivity contribution in [1.29, 1.82) is 0 Å². The molecule has 9 atom stereocenters. The van der Waals surface area contributed by atoms with Crippen LogP contribution in [-0.2, 0) is 46.3 Å². The molecule has 0 bridgehead atoms. The molecule has 0 aliphatic carbocycles. The molecule has 1 aliphatic rings. The molecule has 1 aromatic heterocycles. The number of anilines is 1. The number of allylic oxidation sites excluding steroid dienone is 8. The first-order valence-corrected chi connectivity index (χ1v) is 29.8. The standard InChI is InChI=1S/C53H89N3O16P2/c1-4-6-34-44(57)35-30-26-22-18-14-11-12-16-20-24-28-32-37-49(59)70-45(40-67-48(58)36-31-27-23-19-15-10-8-7-9-13-17-21-25-29-33-43(3)5-2)41-68-73(63,64)72-74(65,66)69-42-46-50(60)51(61)52(71-46)56-39-38-47(54)55-53(56)62/h6,11-12,18,20,22,24,26,30,34,38-39,43-46,50-52,57,60-61H,4-5,7-10,13-17,19,21,23,25,27-29,31-33,35-37,40-42H2,1-3H3,(H,63,64)(H,65,66)(H2,54,55,62)/b12-11-,22-18-,24-20-,30-26+,34-6-/t43?,44?,45-,46-,50-,51-,52-/m1/s1. The van der Waals surface area contributed by atoms with Gasteiger partial charge in [0.15, 0.2) is 12.3 Å². The Bertz CT molecular complexity index is 2010. The molecular weight excluding hydrogens is 997 g/mol. The maximum atomic E-state index is 12.9. The lowest BCUT2D eigenvalue weighted by molar-refractivity contribution is -0.161. The Morgan fingerprint density at radius 2 is 1.35 bits per heavy atom. The summed E-state index contributed by atoms with van der Waals surface area (Å²) in [6.45, 7) is 4.23. The number of phosphoric ester groups is 2. The van der Waals surface area contributed by atoms with E-state index in [0.29, 0.717) is 32.1 Å². The van der Waals surface area contributed by atoms with Crippen LogP contribution >= 0.6 is 15.6 Å². The normalized spacial score (nSPS) is 20.2. The average molecular weight is 1090 g/mol. The Labute approximate surface area is 439 Å². The van der Waals surface area contributed by atoms with E-state index in [-0.39, 0.29) is 18.7 Å². The van der Waals surface area contributed by atoms with Gasteiger partial charge < -0.3 is 45.1 Å². The molecule has 0 amide bonds. The minimum atomic E-state index is -5.45. The van der Waals surface area contributed by atoms with Crippen LogP contribution in [0.3, 0.4) is 0 Å². The number of phosphoric acid groups is 2. The molecule has 7 N–H and O–H groups in total. The maximum Gasteiger partial charge on any atom is 0.481 e. The summed E-state index contributed by atoms with van der Waals surface area (Å²) in [4.78, 5) is 62.0. The van der Waals surface area contributed by atoms with Crippen molar-refractivity contribution in [1.82, 2.24) is 9.55 Å². The van der Waals surface area contributed by atoms with Crippen molar-refractivity contribution >= 4 is 33.4 Å². The highest BCUT2D eigenvalue weighted by Gasteiger charge is 2.46. The summed E-state index contributed by atoms with van der Waals surface area (Å²) >= 11 is 0. The van der Waals surface area contributed by atoms with Gasteiger partial charge in [-0.05, 0) is 56.9 Å². The Morgan fingerprint density at radius 3 is 1.99 bits per heavy atom. The van der Waals surface area contributed by atoms with E-state index >= 15 is 0 Å². The zero-order valence-corrected chi connectivity index (χ0v) is 45.9. The van der Waals surface area contributed by atoms with E-state index in [1.54, 1.807) is 6.08 Å². The second kappa shape index (κ2) is 39.7. The van der Waals surface area contributed by atoms with E-state index in [4.69, 9.17) is 29.0 Å². The van der Waals surface area contributed by atoms with Crippen LogP contribution in [-0.4, -0.2) is 96.9 Å². The molecule has 4 unspecified atom stereocenters. The van der Waals surface area contributed by atoms with Crippen molar-refractivity contribution in [3.63, 3.8) is 0 Å². The second-order valence-corrected chi connectivity index (χ2v) is 21.8. The number of nitrogens with two attached hydrogens (primary N) is 1. The predicted molar refractivity (Wildman–Crippen MR) is 285 cm³/mol. The van der Waals surface area contributed by atoms with E-state index in [2.05, 4.69) is 23.1 Å². The van der Waals surface area contributed by atoms with Crippen molar-refractivity contribution in [3.8, 4) is 0 Å². The molecule has 2 rings (SSSR count). The first kappa shape index (κ1) is 66.5. The number of aliphatic hydroxyl groups excluding tert-OH is 3. The monoisotopic (exact) mass is 1090 g/mol. The minimum absolute atomic E-state index is 0.0469. The molecule has 1 aromatic rings. The zero-order valence-electron chi connectivity index (χ0n) is 44.2. The lowest BCUT2D eigenvalue weighted by Crippen LogP contribution is -2.36. The Balaban J connectivity index is 1.81. The van der Waals surface area contributed by atoms with Crippen LogP contribution in [0.5, 0.6) is 0 Å². The Hall–Kier alpha value is -3.58. The van der Waals surface area contributed by atoms with Gasteiger partial charge in [-0.2, -0.15) is 9.29 Å². The number of ether oxygens (including phenoxy) is 3. The first-order chi connectivity index (χ1) is 35.5. The van der Waals surface area contributed by atoms with Crippen LogP contribution in [0.1, 0.15) is 181 Å². The molecule has 2 heterocycles. The van der Waals surface area contributed by atoms with Crippen LogP contribution in [0.4, 0.5) is 5.82 Å². The molecule has 0 aromatic carbocycles. The van der Waals surface area contributed by atoms with Gasteiger partial charge in [0, 0.05) is 19.0 Å². The number of esters is 2. The number of aliphatic hydroxyl groups is 3. The SMILES string of the molecule is CC/C=C\C(O)C/C=C/C=C\C/C=C\C/C=C\CCCC(=O)O[C@H](COC(=O)CCCCCCCCCCCCCCCCC(C)CC)COP(=O)(O)OP(=O)(O)OC[C@H]1O[C@@H](n2ccc(N)nc2=O)[C@H](O)[C@@H]1O. The van der Waals surface area contributed by atoms with E-state index in [9.17, 15) is 48.6 Å². The molecule has 0 saturated carbocycles. The van der Waals surface area contributed by atoms with Gasteiger partial charge in [-0.15, -0.1) is 0 Å². The molecule has 19 nitrogen and oxygen atoms in total. The molecule has 74 heavy (non-hydrogen) atoms. The van der Waals surface area contributed by atoms with Gasteiger partial charge in [-0.25, -0.2) is 13.9 Å². The molecule has 0 radical (unpaired) electrons. The van der Waals surface area contributed by atoms with Gasteiger partial charge in [0.25, 0.3) is 0 Å². The van der Waals surface area contributed by atoms with E-state index < -0.39 is 89.8 Å². The van der Waals surface area contributed by atoms with Crippen LogP contribution < -0.4 is 11.4 Å². The number of unbranched alkanes of at least 4 members (excludes halogenated alkanes) is 14. The number of nitrogens with zero attached hydrogens (tertiary/aromatic N) is 2. The van der Waals surface area contributed by atoms with Crippen LogP contribution in [0.25, 0.3) is 0 Å². The van der Waals surface area contributed by atoms with Crippen LogP contribution in [0, 0.1) is 5.92 Å². The highest BCUT2D eigenvalue weighted by atomic mass is 31.3. The van der Waals surface area contributed by atoms with Crippen molar-refractivity contribution in [3.05, 3.63) is 83.5 Å². The van der Waals surface area contributed by atoms with Gasteiger partial charge in [0.1, 0.15) is 30.7 Å². The lowest BCUT2D eigenvalue weighted by Gasteiger charge is -2.21. The van der Waals surface area contributed by atoms with Gasteiger partial charge in [-0.3, -0.25) is 23.2 Å². The number of rotatable bonds is 43. The molecule has 1 fully saturated rings. The van der Waals surface area contributed by atoms with Crippen LogP contribution in [0.2, 0.25) is 0 Å². The molecule has 422 valence electrons. The third-order valence-corrected chi connectivity index (χ3v) is 14.8. The minimum Gasteiger partial charge on any atom is -0.462 e. The fraction of sp³-hybridized carbons (Fsp3) is 0.698. The van der Waals surface area contributed by atoms with E-state index in [1.807, 2.05) is 61.6 Å². The number of carbonyl (C=O) groups excluding carboxylic acids is 2. The fourth-order valence-corrected chi connectivity index (χ4v) is 9.81. The smallest absolute Gasteiger partial charge is 0.462 e.